The molecular weight excluding hydrogens is 256 g/mol. The maximum Gasteiger partial charge on any atom is 0.129 e. The molecule has 0 heterocycles. The molecule has 0 radical (unpaired) electrons. The van der Waals surface area contributed by atoms with Gasteiger partial charge in [-0.1, -0.05) is 85.3 Å². The van der Waals surface area contributed by atoms with Gasteiger partial charge in [0, 0.05) is 5.56 Å². The second kappa shape index (κ2) is 5.41. The van der Waals surface area contributed by atoms with E-state index < -0.39 is 8.07 Å². The molecule has 0 spiro atoms. The first-order chi connectivity index (χ1) is 8.82. The van der Waals surface area contributed by atoms with Gasteiger partial charge in [0.1, 0.15) is 8.07 Å². The summed E-state index contributed by atoms with van der Waals surface area (Å²) in [6.45, 7) is 20.5. The van der Waals surface area contributed by atoms with E-state index in [1.54, 1.807) is 0 Å². The molecule has 0 atom stereocenters. The molecule has 1 rings (SSSR count). The summed E-state index contributed by atoms with van der Waals surface area (Å²) in [6, 6.07) is 6.66. The van der Waals surface area contributed by atoms with Crippen molar-refractivity contribution < 1.29 is 0 Å². The Balaban J connectivity index is 3.61. The van der Waals surface area contributed by atoms with Crippen LogP contribution in [-0.4, -0.2) is 8.07 Å². The molecule has 0 fully saturated rings. The maximum absolute atomic E-state index is 3.55. The van der Waals surface area contributed by atoms with Crippen LogP contribution in [0.3, 0.4) is 0 Å². The Morgan fingerprint density at radius 3 is 1.50 bits per heavy atom. The first kappa shape index (κ1) is 17.0. The van der Waals surface area contributed by atoms with E-state index in [1.807, 2.05) is 0 Å². The highest BCUT2D eigenvalue weighted by molar-refractivity contribution is 6.83. The van der Waals surface area contributed by atoms with Crippen molar-refractivity contribution in [2.45, 2.75) is 72.0 Å². The minimum Gasteiger partial charge on any atom is -0.127 e. The van der Waals surface area contributed by atoms with Crippen molar-refractivity contribution in [3.8, 4) is 11.5 Å². The summed E-state index contributed by atoms with van der Waals surface area (Å²) in [6.07, 6.45) is 0. The fraction of sp³-hybridized carbons (Fsp3) is 0.579. The third-order valence-electron chi connectivity index (χ3n) is 3.24. The normalized spacial score (nSPS) is 12.8. The van der Waals surface area contributed by atoms with Gasteiger partial charge in [-0.25, -0.2) is 0 Å². The van der Waals surface area contributed by atoms with Gasteiger partial charge >= 0.3 is 0 Å². The summed E-state index contributed by atoms with van der Waals surface area (Å²) in [5, 5.41) is 0. The summed E-state index contributed by atoms with van der Waals surface area (Å²) in [5.41, 5.74) is 7.81. The lowest BCUT2D eigenvalue weighted by molar-refractivity contribution is 0.566. The average molecular weight is 287 g/mol. The average Bonchev–Trinajstić information content (AvgIpc) is 2.22. The summed E-state index contributed by atoms with van der Waals surface area (Å²) >= 11 is 0. The second-order valence-electron chi connectivity index (χ2n) is 8.73. The van der Waals surface area contributed by atoms with E-state index >= 15 is 0 Å². The van der Waals surface area contributed by atoms with Gasteiger partial charge in [0.2, 0.25) is 0 Å². The van der Waals surface area contributed by atoms with Crippen LogP contribution >= 0.6 is 0 Å². The molecule has 0 aliphatic carbocycles. The Morgan fingerprint density at radius 2 is 1.20 bits per heavy atom. The van der Waals surface area contributed by atoms with Crippen molar-refractivity contribution in [3.05, 3.63) is 34.9 Å². The van der Waals surface area contributed by atoms with Crippen LogP contribution in [0.1, 0.15) is 58.2 Å². The molecule has 0 aliphatic rings. The van der Waals surface area contributed by atoms with Gasteiger partial charge in [-0.05, 0) is 22.0 Å². The van der Waals surface area contributed by atoms with E-state index in [1.165, 1.54) is 16.7 Å². The molecule has 1 heteroatoms. The zero-order valence-corrected chi connectivity index (χ0v) is 15.7. The summed E-state index contributed by atoms with van der Waals surface area (Å²) in [7, 11) is -1.37. The molecule has 0 nitrogen and oxygen atoms in total. The first-order valence-corrected chi connectivity index (χ1v) is 11.0. The maximum atomic E-state index is 3.55. The number of hydrogen-bond acceptors (Lipinski definition) is 0. The van der Waals surface area contributed by atoms with E-state index in [0.717, 1.165) is 0 Å². The monoisotopic (exact) mass is 286 g/mol. The number of rotatable bonds is 0. The van der Waals surface area contributed by atoms with Gasteiger partial charge in [0.15, 0.2) is 0 Å². The highest BCUT2D eigenvalue weighted by Crippen LogP contribution is 2.33. The zero-order chi connectivity index (χ0) is 15.8. The van der Waals surface area contributed by atoms with Crippen LogP contribution < -0.4 is 0 Å². The molecule has 0 aromatic heterocycles. The quantitative estimate of drug-likeness (QED) is 0.436. The Kier molecular flexibility index (Phi) is 4.61. The largest absolute Gasteiger partial charge is 0.129 e. The Labute approximate surface area is 127 Å². The Bertz CT molecular complexity index is 502. The van der Waals surface area contributed by atoms with Crippen LogP contribution in [0.4, 0.5) is 0 Å². The lowest BCUT2D eigenvalue weighted by atomic mass is 9.76. The van der Waals surface area contributed by atoms with Crippen molar-refractivity contribution >= 4 is 8.07 Å². The van der Waals surface area contributed by atoms with Crippen molar-refractivity contribution in [1.82, 2.24) is 0 Å². The molecule has 0 N–H and O–H groups in total. The van der Waals surface area contributed by atoms with Crippen molar-refractivity contribution in [1.29, 1.82) is 0 Å². The summed E-state index contributed by atoms with van der Waals surface area (Å²) in [4.78, 5) is 0. The van der Waals surface area contributed by atoms with E-state index in [4.69, 9.17) is 0 Å². The predicted molar refractivity (Wildman–Crippen MR) is 94.1 cm³/mol. The fourth-order valence-corrected chi connectivity index (χ4v) is 2.69. The van der Waals surface area contributed by atoms with Crippen molar-refractivity contribution in [3.63, 3.8) is 0 Å². The SMILES string of the molecule is CC(C)(C)c1cccc(C(C)(C)C)c1C#C[Si](C)(C)C. The van der Waals surface area contributed by atoms with Gasteiger partial charge in [-0.3, -0.25) is 0 Å². The fourth-order valence-electron chi connectivity index (χ4n) is 2.19. The molecule has 0 unspecified atom stereocenters. The molecule has 1 aromatic rings. The lowest BCUT2D eigenvalue weighted by Crippen LogP contribution is -2.21. The van der Waals surface area contributed by atoms with Crippen LogP contribution in [0.25, 0.3) is 0 Å². The van der Waals surface area contributed by atoms with Gasteiger partial charge in [-0.2, -0.15) is 0 Å². The number of hydrogen-bond donors (Lipinski definition) is 0. The van der Waals surface area contributed by atoms with Crippen LogP contribution in [0.5, 0.6) is 0 Å². The topological polar surface area (TPSA) is 0 Å². The minimum absolute atomic E-state index is 0.130. The molecule has 1 aromatic carbocycles. The van der Waals surface area contributed by atoms with Crippen LogP contribution in [-0.2, 0) is 10.8 Å². The minimum atomic E-state index is -1.37. The predicted octanol–water partition coefficient (Wildman–Crippen LogP) is 5.51. The zero-order valence-electron chi connectivity index (χ0n) is 14.7. The van der Waals surface area contributed by atoms with E-state index in [2.05, 4.69) is 90.8 Å². The standard InChI is InChI=1S/C19H30Si/c1-18(2,3)16-11-10-12-17(19(4,5)6)15(16)13-14-20(7,8)9/h10-12H,1-9H3. The highest BCUT2D eigenvalue weighted by Gasteiger charge is 2.24. The van der Waals surface area contributed by atoms with Gasteiger partial charge in [0.05, 0.1) is 0 Å². The number of benzene rings is 1. The molecule has 20 heavy (non-hydrogen) atoms. The third kappa shape index (κ3) is 4.53. The molecule has 0 bridgehead atoms. The molecular formula is C19H30Si. The van der Waals surface area contributed by atoms with E-state index in [9.17, 15) is 0 Å². The lowest BCUT2D eigenvalue weighted by Gasteiger charge is -2.28. The smallest absolute Gasteiger partial charge is 0.127 e. The Morgan fingerprint density at radius 1 is 0.800 bits per heavy atom. The third-order valence-corrected chi connectivity index (χ3v) is 4.12. The summed E-state index contributed by atoms with van der Waals surface area (Å²) < 4.78 is 0. The van der Waals surface area contributed by atoms with Crippen LogP contribution in [0, 0.1) is 11.5 Å². The highest BCUT2D eigenvalue weighted by atomic mass is 28.3. The van der Waals surface area contributed by atoms with E-state index in [-0.39, 0.29) is 10.8 Å². The summed E-state index contributed by atoms with van der Waals surface area (Å²) in [5.74, 6) is 3.55. The van der Waals surface area contributed by atoms with Crippen molar-refractivity contribution in [2.24, 2.45) is 0 Å². The van der Waals surface area contributed by atoms with Crippen LogP contribution in [0.15, 0.2) is 18.2 Å². The molecule has 0 aliphatic heterocycles. The van der Waals surface area contributed by atoms with Gasteiger partial charge < -0.3 is 0 Å². The second-order valence-corrected chi connectivity index (χ2v) is 13.5. The molecule has 110 valence electrons. The van der Waals surface area contributed by atoms with Crippen LogP contribution in [0.2, 0.25) is 19.6 Å². The van der Waals surface area contributed by atoms with Gasteiger partial charge in [0.25, 0.3) is 0 Å². The van der Waals surface area contributed by atoms with Gasteiger partial charge in [-0.15, -0.1) is 5.54 Å². The molecule has 0 amide bonds. The molecule has 0 saturated heterocycles. The first-order valence-electron chi connectivity index (χ1n) is 7.49. The molecule has 0 saturated carbocycles. The Hall–Kier alpha value is -1.00. The van der Waals surface area contributed by atoms with E-state index in [0.29, 0.717) is 0 Å². The van der Waals surface area contributed by atoms with Crippen molar-refractivity contribution in [2.75, 3.05) is 0 Å².